The molecule has 3 aromatic rings. The Balaban J connectivity index is 1.42. The van der Waals surface area contributed by atoms with Gasteiger partial charge in [-0.05, 0) is 52.9 Å². The Morgan fingerprint density at radius 1 is 1.00 bits per heavy atom. The van der Waals surface area contributed by atoms with E-state index in [1.165, 1.54) is 12.1 Å². The minimum Gasteiger partial charge on any atom is -0.497 e. The summed E-state index contributed by atoms with van der Waals surface area (Å²) in [5.41, 5.74) is 2.68. The fourth-order valence-corrected chi connectivity index (χ4v) is 4.49. The van der Waals surface area contributed by atoms with E-state index in [1.807, 2.05) is 48.5 Å². The lowest BCUT2D eigenvalue weighted by Crippen LogP contribution is -2.41. The van der Waals surface area contributed by atoms with E-state index in [9.17, 15) is 22.8 Å². The van der Waals surface area contributed by atoms with E-state index in [1.54, 1.807) is 12.0 Å². The smallest absolute Gasteiger partial charge is 0.416 e. The summed E-state index contributed by atoms with van der Waals surface area (Å²) in [5, 5.41) is 2.62. The van der Waals surface area contributed by atoms with Crippen molar-refractivity contribution < 1.29 is 27.5 Å². The van der Waals surface area contributed by atoms with Gasteiger partial charge in [-0.15, -0.1) is 0 Å². The number of alkyl halides is 3. The number of benzene rings is 3. The maximum absolute atomic E-state index is 13.3. The molecule has 1 aliphatic rings. The highest BCUT2D eigenvalue weighted by molar-refractivity contribution is 5.84. The number of carbonyl (C=O) groups excluding carboxylic acids is 2. The van der Waals surface area contributed by atoms with E-state index >= 15 is 0 Å². The van der Waals surface area contributed by atoms with Gasteiger partial charge >= 0.3 is 6.18 Å². The molecule has 8 heteroatoms. The standard InChI is InChI=1S/C28H27F3N2O3/c1-36-23-11-10-20-14-15-33(27(24(20)17-23)21-7-3-2-4-8-21)26(35)13-12-25(34)32-18-19-6-5-9-22(16-19)28(29,30)31/h2-11,16-17,27H,12-15,18H2,1H3,(H,32,34). The number of rotatable bonds is 7. The van der Waals surface area contributed by atoms with Gasteiger partial charge in [-0.2, -0.15) is 13.2 Å². The van der Waals surface area contributed by atoms with Crippen molar-refractivity contribution in [1.82, 2.24) is 10.2 Å². The first-order chi connectivity index (χ1) is 17.3. The second-order valence-electron chi connectivity index (χ2n) is 8.69. The van der Waals surface area contributed by atoms with Gasteiger partial charge in [0.15, 0.2) is 0 Å². The molecule has 0 spiro atoms. The van der Waals surface area contributed by atoms with E-state index in [0.717, 1.165) is 28.8 Å². The predicted molar refractivity (Wildman–Crippen MR) is 129 cm³/mol. The predicted octanol–water partition coefficient (Wildman–Crippen LogP) is 5.28. The largest absolute Gasteiger partial charge is 0.497 e. The van der Waals surface area contributed by atoms with Crippen molar-refractivity contribution in [1.29, 1.82) is 0 Å². The second kappa shape index (κ2) is 10.8. The fraction of sp³-hybridized carbons (Fsp3) is 0.286. The van der Waals surface area contributed by atoms with Crippen LogP contribution in [0.1, 0.15) is 46.7 Å². The Morgan fingerprint density at radius 3 is 2.50 bits per heavy atom. The third kappa shape index (κ3) is 5.87. The number of nitrogens with zero attached hydrogens (tertiary/aromatic N) is 1. The molecule has 0 saturated carbocycles. The van der Waals surface area contributed by atoms with Crippen molar-refractivity contribution in [3.05, 3.63) is 101 Å². The minimum absolute atomic E-state index is 0.00292. The molecule has 0 fully saturated rings. The number of fused-ring (bicyclic) bond motifs is 1. The first-order valence-electron chi connectivity index (χ1n) is 11.7. The van der Waals surface area contributed by atoms with Gasteiger partial charge in [0, 0.05) is 25.9 Å². The summed E-state index contributed by atoms with van der Waals surface area (Å²) in [6.45, 7) is 0.476. The molecule has 1 heterocycles. The summed E-state index contributed by atoms with van der Waals surface area (Å²) in [5.74, 6) is 0.153. The van der Waals surface area contributed by atoms with Crippen LogP contribution in [0.4, 0.5) is 13.2 Å². The quantitative estimate of drug-likeness (QED) is 0.484. The van der Waals surface area contributed by atoms with Gasteiger partial charge in [-0.25, -0.2) is 0 Å². The molecule has 0 aromatic heterocycles. The summed E-state index contributed by atoms with van der Waals surface area (Å²) < 4.78 is 44.1. The molecule has 2 amide bonds. The first kappa shape index (κ1) is 25.3. The fourth-order valence-electron chi connectivity index (χ4n) is 4.49. The zero-order chi connectivity index (χ0) is 25.7. The van der Waals surface area contributed by atoms with Crippen LogP contribution < -0.4 is 10.1 Å². The van der Waals surface area contributed by atoms with Crippen molar-refractivity contribution in [2.45, 2.75) is 38.0 Å². The van der Waals surface area contributed by atoms with E-state index in [4.69, 9.17) is 4.74 Å². The monoisotopic (exact) mass is 496 g/mol. The zero-order valence-corrected chi connectivity index (χ0v) is 19.8. The molecule has 1 N–H and O–H groups in total. The van der Waals surface area contributed by atoms with Crippen LogP contribution in [0.15, 0.2) is 72.8 Å². The molecule has 1 aliphatic heterocycles. The molecular weight excluding hydrogens is 469 g/mol. The van der Waals surface area contributed by atoms with E-state index < -0.39 is 17.6 Å². The van der Waals surface area contributed by atoms with Crippen LogP contribution in [0.5, 0.6) is 5.75 Å². The van der Waals surface area contributed by atoms with Gasteiger partial charge in [0.2, 0.25) is 11.8 Å². The molecule has 3 aromatic carbocycles. The van der Waals surface area contributed by atoms with Gasteiger partial charge < -0.3 is 15.0 Å². The lowest BCUT2D eigenvalue weighted by molar-refractivity contribution is -0.137. The van der Waals surface area contributed by atoms with Crippen molar-refractivity contribution >= 4 is 11.8 Å². The molecule has 188 valence electrons. The number of ether oxygens (including phenoxy) is 1. The number of hydrogen-bond acceptors (Lipinski definition) is 3. The van der Waals surface area contributed by atoms with Crippen LogP contribution in [-0.4, -0.2) is 30.4 Å². The average Bonchev–Trinajstić information content (AvgIpc) is 2.89. The number of methoxy groups -OCH3 is 1. The lowest BCUT2D eigenvalue weighted by Gasteiger charge is -2.38. The zero-order valence-electron chi connectivity index (χ0n) is 19.8. The maximum Gasteiger partial charge on any atom is 0.416 e. The van der Waals surface area contributed by atoms with Crippen LogP contribution in [-0.2, 0) is 28.7 Å². The Hall–Kier alpha value is -3.81. The Labute approximate surface area is 207 Å². The maximum atomic E-state index is 13.3. The first-order valence-corrected chi connectivity index (χ1v) is 11.7. The SMILES string of the molecule is COc1ccc2c(c1)C(c1ccccc1)N(C(=O)CCC(=O)NCc1cccc(C(F)(F)F)c1)CC2. The van der Waals surface area contributed by atoms with Crippen molar-refractivity contribution in [3.8, 4) is 5.75 Å². The molecular formula is C28H27F3N2O3. The van der Waals surface area contributed by atoms with Crippen molar-refractivity contribution in [2.75, 3.05) is 13.7 Å². The third-order valence-corrected chi connectivity index (χ3v) is 6.33. The normalized spacial score (nSPS) is 15.2. The van der Waals surface area contributed by atoms with Crippen LogP contribution >= 0.6 is 0 Å². The van der Waals surface area contributed by atoms with Crippen LogP contribution in [0.3, 0.4) is 0 Å². The topological polar surface area (TPSA) is 58.6 Å². The van der Waals surface area contributed by atoms with Crippen molar-refractivity contribution in [3.63, 3.8) is 0 Å². The van der Waals surface area contributed by atoms with Gasteiger partial charge in [0.25, 0.3) is 0 Å². The molecule has 1 unspecified atom stereocenters. The molecule has 36 heavy (non-hydrogen) atoms. The van der Waals surface area contributed by atoms with Gasteiger partial charge in [-0.3, -0.25) is 9.59 Å². The van der Waals surface area contributed by atoms with Gasteiger partial charge in [0.05, 0.1) is 18.7 Å². The third-order valence-electron chi connectivity index (χ3n) is 6.33. The summed E-state index contributed by atoms with van der Waals surface area (Å²) in [6.07, 6.45) is -3.81. The molecule has 1 atom stereocenters. The Bertz CT molecular complexity index is 1230. The van der Waals surface area contributed by atoms with Crippen LogP contribution in [0.25, 0.3) is 0 Å². The highest BCUT2D eigenvalue weighted by Crippen LogP contribution is 2.37. The number of halogens is 3. The number of carbonyl (C=O) groups is 2. The van der Waals surface area contributed by atoms with E-state index in [0.29, 0.717) is 24.3 Å². The van der Waals surface area contributed by atoms with E-state index in [2.05, 4.69) is 5.32 Å². The number of amides is 2. The highest BCUT2D eigenvalue weighted by Gasteiger charge is 2.32. The van der Waals surface area contributed by atoms with Gasteiger partial charge in [-0.1, -0.05) is 48.5 Å². The number of hydrogen-bond donors (Lipinski definition) is 1. The molecule has 5 nitrogen and oxygen atoms in total. The average molecular weight is 497 g/mol. The molecule has 4 rings (SSSR count). The highest BCUT2D eigenvalue weighted by atomic mass is 19.4. The van der Waals surface area contributed by atoms with E-state index in [-0.39, 0.29) is 31.3 Å². The van der Waals surface area contributed by atoms with Crippen molar-refractivity contribution in [2.24, 2.45) is 0 Å². The summed E-state index contributed by atoms with van der Waals surface area (Å²) >= 11 is 0. The summed E-state index contributed by atoms with van der Waals surface area (Å²) in [4.78, 5) is 27.5. The lowest BCUT2D eigenvalue weighted by atomic mass is 9.87. The number of nitrogens with one attached hydrogen (secondary N) is 1. The minimum atomic E-state index is -4.45. The summed E-state index contributed by atoms with van der Waals surface area (Å²) in [6, 6.07) is 20.1. The molecule has 0 aliphatic carbocycles. The second-order valence-corrected chi connectivity index (χ2v) is 8.69. The Morgan fingerprint density at radius 2 is 1.78 bits per heavy atom. The Kier molecular flexibility index (Phi) is 7.62. The summed E-state index contributed by atoms with van der Waals surface area (Å²) in [7, 11) is 1.60. The molecule has 0 saturated heterocycles. The van der Waals surface area contributed by atoms with Gasteiger partial charge in [0.1, 0.15) is 5.75 Å². The molecule has 0 radical (unpaired) electrons. The van der Waals surface area contributed by atoms with Crippen LogP contribution in [0.2, 0.25) is 0 Å². The van der Waals surface area contributed by atoms with Crippen LogP contribution in [0, 0.1) is 0 Å². The molecule has 0 bridgehead atoms.